The van der Waals surface area contributed by atoms with Crippen LogP contribution in [0.1, 0.15) is 24.5 Å². The summed E-state index contributed by atoms with van der Waals surface area (Å²) in [7, 11) is 0. The van der Waals surface area contributed by atoms with Crippen molar-refractivity contribution in [3.05, 3.63) is 30.2 Å². The second kappa shape index (κ2) is 3.30. The van der Waals surface area contributed by atoms with Gasteiger partial charge in [0.15, 0.2) is 12.0 Å². The van der Waals surface area contributed by atoms with E-state index in [4.69, 9.17) is 9.52 Å². The Morgan fingerprint density at radius 1 is 1.47 bits per heavy atom. The molecule has 1 fully saturated rings. The molecule has 0 aliphatic heterocycles. The van der Waals surface area contributed by atoms with Gasteiger partial charge in [0.05, 0.1) is 11.5 Å². The number of carboxylic acids is 1. The van der Waals surface area contributed by atoms with E-state index in [9.17, 15) is 9.90 Å². The Labute approximate surface area is 96.7 Å². The molecular weight excluding hydrogens is 222 g/mol. The standard InChI is InChI=1S/C12H11NO4/c14-10(12(3-4-12)11(15)16)7-1-2-8-9(5-7)17-6-13-8/h1-2,5-6,10,14H,3-4H2,(H,15,16). The molecule has 0 amide bonds. The maximum Gasteiger partial charge on any atom is 0.312 e. The maximum absolute atomic E-state index is 11.1. The zero-order valence-corrected chi connectivity index (χ0v) is 8.96. The fourth-order valence-corrected chi connectivity index (χ4v) is 2.10. The molecule has 0 saturated heterocycles. The van der Waals surface area contributed by atoms with Gasteiger partial charge in [-0.3, -0.25) is 4.79 Å². The first-order chi connectivity index (χ1) is 8.13. The molecule has 1 heterocycles. The average molecular weight is 233 g/mol. The second-order valence-electron chi connectivity index (χ2n) is 4.44. The smallest absolute Gasteiger partial charge is 0.312 e. The monoisotopic (exact) mass is 233 g/mol. The summed E-state index contributed by atoms with van der Waals surface area (Å²) in [6.45, 7) is 0. The van der Waals surface area contributed by atoms with Crippen LogP contribution in [0.3, 0.4) is 0 Å². The Bertz CT molecular complexity index is 585. The lowest BCUT2D eigenvalue weighted by atomic mass is 9.93. The molecule has 1 aromatic heterocycles. The van der Waals surface area contributed by atoms with E-state index in [1.807, 2.05) is 0 Å². The van der Waals surface area contributed by atoms with Gasteiger partial charge in [-0.05, 0) is 30.5 Å². The zero-order chi connectivity index (χ0) is 12.0. The second-order valence-corrected chi connectivity index (χ2v) is 4.44. The van der Waals surface area contributed by atoms with Crippen molar-refractivity contribution in [3.8, 4) is 0 Å². The fraction of sp³-hybridized carbons (Fsp3) is 0.333. The number of aliphatic hydroxyl groups excluding tert-OH is 1. The summed E-state index contributed by atoms with van der Waals surface area (Å²) in [5, 5.41) is 19.2. The molecular formula is C12H11NO4. The van der Waals surface area contributed by atoms with Gasteiger partial charge in [-0.2, -0.15) is 0 Å². The number of carboxylic acid groups (broad SMARTS) is 1. The molecule has 3 rings (SSSR count). The summed E-state index contributed by atoms with van der Waals surface area (Å²) in [5.41, 5.74) is 0.811. The van der Waals surface area contributed by atoms with Crippen LogP contribution in [0.2, 0.25) is 0 Å². The van der Waals surface area contributed by atoms with E-state index in [1.54, 1.807) is 18.2 Å². The predicted octanol–water partition coefficient (Wildman–Crippen LogP) is 1.73. The highest BCUT2D eigenvalue weighted by molar-refractivity contribution is 5.79. The van der Waals surface area contributed by atoms with E-state index in [0.717, 1.165) is 0 Å². The number of benzene rings is 1. The number of aliphatic hydroxyl groups is 1. The number of nitrogens with zero attached hydrogens (tertiary/aromatic N) is 1. The minimum atomic E-state index is -1.01. The van der Waals surface area contributed by atoms with Crippen LogP contribution in [0.25, 0.3) is 11.1 Å². The number of fused-ring (bicyclic) bond motifs is 1. The molecule has 1 saturated carbocycles. The molecule has 1 unspecified atom stereocenters. The zero-order valence-electron chi connectivity index (χ0n) is 8.96. The van der Waals surface area contributed by atoms with Crippen LogP contribution in [-0.4, -0.2) is 21.2 Å². The van der Waals surface area contributed by atoms with Crippen molar-refractivity contribution in [2.45, 2.75) is 18.9 Å². The van der Waals surface area contributed by atoms with Crippen LogP contribution in [0, 0.1) is 5.41 Å². The highest BCUT2D eigenvalue weighted by Gasteiger charge is 2.56. The Kier molecular flexibility index (Phi) is 2.00. The van der Waals surface area contributed by atoms with Crippen molar-refractivity contribution >= 4 is 17.1 Å². The van der Waals surface area contributed by atoms with Crippen LogP contribution in [0.4, 0.5) is 0 Å². The Morgan fingerprint density at radius 3 is 2.88 bits per heavy atom. The number of hydrogen-bond acceptors (Lipinski definition) is 4. The Balaban J connectivity index is 2.00. The van der Waals surface area contributed by atoms with Crippen LogP contribution < -0.4 is 0 Å². The lowest BCUT2D eigenvalue weighted by Crippen LogP contribution is -2.23. The van der Waals surface area contributed by atoms with Gasteiger partial charge < -0.3 is 14.6 Å². The van der Waals surface area contributed by atoms with Gasteiger partial charge >= 0.3 is 5.97 Å². The Hall–Kier alpha value is -1.88. The van der Waals surface area contributed by atoms with Crippen molar-refractivity contribution < 1.29 is 19.4 Å². The topological polar surface area (TPSA) is 83.6 Å². The van der Waals surface area contributed by atoms with Gasteiger partial charge in [-0.25, -0.2) is 4.98 Å². The molecule has 2 N–H and O–H groups in total. The molecule has 1 atom stereocenters. The van der Waals surface area contributed by atoms with Crippen LogP contribution in [-0.2, 0) is 4.79 Å². The van der Waals surface area contributed by atoms with Crippen molar-refractivity contribution in [2.75, 3.05) is 0 Å². The summed E-state index contributed by atoms with van der Waals surface area (Å²) in [6, 6.07) is 5.06. The van der Waals surface area contributed by atoms with Gasteiger partial charge in [0.2, 0.25) is 0 Å². The minimum Gasteiger partial charge on any atom is -0.481 e. The molecule has 1 aliphatic carbocycles. The highest BCUT2D eigenvalue weighted by Crippen LogP contribution is 2.55. The van der Waals surface area contributed by atoms with Crippen molar-refractivity contribution in [1.82, 2.24) is 4.98 Å². The molecule has 0 bridgehead atoms. The van der Waals surface area contributed by atoms with E-state index in [-0.39, 0.29) is 0 Å². The minimum absolute atomic E-state index is 0.512. The third kappa shape index (κ3) is 1.43. The van der Waals surface area contributed by atoms with Crippen molar-refractivity contribution in [3.63, 3.8) is 0 Å². The predicted molar refractivity (Wildman–Crippen MR) is 58.3 cm³/mol. The molecule has 1 aliphatic rings. The first-order valence-electron chi connectivity index (χ1n) is 5.38. The van der Waals surface area contributed by atoms with E-state index < -0.39 is 17.5 Å². The van der Waals surface area contributed by atoms with E-state index in [2.05, 4.69) is 4.98 Å². The first-order valence-corrected chi connectivity index (χ1v) is 5.38. The van der Waals surface area contributed by atoms with E-state index in [1.165, 1.54) is 6.39 Å². The number of carbonyl (C=O) groups is 1. The SMILES string of the molecule is O=C(O)C1(C(O)c2ccc3ncoc3c2)CC1. The number of hydrogen-bond donors (Lipinski definition) is 2. The van der Waals surface area contributed by atoms with E-state index in [0.29, 0.717) is 29.5 Å². The summed E-state index contributed by atoms with van der Waals surface area (Å²) in [4.78, 5) is 15.1. The molecule has 2 aromatic rings. The first kappa shape index (κ1) is 10.3. The largest absolute Gasteiger partial charge is 0.481 e. The lowest BCUT2D eigenvalue weighted by Gasteiger charge is -2.17. The van der Waals surface area contributed by atoms with Crippen LogP contribution in [0.15, 0.2) is 29.0 Å². The van der Waals surface area contributed by atoms with Gasteiger partial charge in [0, 0.05) is 0 Å². The van der Waals surface area contributed by atoms with Crippen LogP contribution in [0.5, 0.6) is 0 Å². The van der Waals surface area contributed by atoms with Crippen LogP contribution >= 0.6 is 0 Å². The normalized spacial score (nSPS) is 19.1. The maximum atomic E-state index is 11.1. The fourth-order valence-electron chi connectivity index (χ4n) is 2.10. The van der Waals surface area contributed by atoms with Gasteiger partial charge in [-0.1, -0.05) is 6.07 Å². The molecule has 5 nitrogen and oxygen atoms in total. The molecule has 0 spiro atoms. The molecule has 88 valence electrons. The lowest BCUT2D eigenvalue weighted by molar-refractivity contribution is -0.148. The van der Waals surface area contributed by atoms with E-state index >= 15 is 0 Å². The number of aliphatic carboxylic acids is 1. The van der Waals surface area contributed by atoms with Crippen molar-refractivity contribution in [1.29, 1.82) is 0 Å². The highest BCUT2D eigenvalue weighted by atomic mass is 16.4. The number of oxazole rings is 1. The summed E-state index contributed by atoms with van der Waals surface area (Å²) < 4.78 is 5.13. The third-order valence-corrected chi connectivity index (χ3v) is 3.41. The quantitative estimate of drug-likeness (QED) is 0.843. The van der Waals surface area contributed by atoms with Gasteiger partial charge in [0.1, 0.15) is 5.52 Å². The molecule has 5 heteroatoms. The van der Waals surface area contributed by atoms with Crippen molar-refractivity contribution in [2.24, 2.45) is 5.41 Å². The number of aromatic nitrogens is 1. The summed E-state index contributed by atoms with van der Waals surface area (Å²) >= 11 is 0. The average Bonchev–Trinajstić information content (AvgIpc) is 3.00. The number of rotatable bonds is 3. The third-order valence-electron chi connectivity index (χ3n) is 3.41. The molecule has 0 radical (unpaired) electrons. The Morgan fingerprint density at radius 2 is 2.24 bits per heavy atom. The van der Waals surface area contributed by atoms with Gasteiger partial charge in [-0.15, -0.1) is 0 Å². The summed E-state index contributed by atoms with van der Waals surface area (Å²) in [6.07, 6.45) is 1.36. The summed E-state index contributed by atoms with van der Waals surface area (Å²) in [5.74, 6) is -0.942. The molecule has 17 heavy (non-hydrogen) atoms. The molecule has 1 aromatic carbocycles. The van der Waals surface area contributed by atoms with Gasteiger partial charge in [0.25, 0.3) is 0 Å².